The van der Waals surface area contributed by atoms with Crippen LogP contribution >= 0.6 is 15.9 Å². The number of sulfonamides is 1. The molecule has 0 saturated carbocycles. The summed E-state index contributed by atoms with van der Waals surface area (Å²) in [5.74, 6) is -3.98. The molecule has 5 nitrogen and oxygen atoms in total. The zero-order valence-corrected chi connectivity index (χ0v) is 15.2. The number of carbonyl (C=O) groups is 1. The van der Waals surface area contributed by atoms with E-state index in [1.54, 1.807) is 0 Å². The monoisotopic (exact) mass is 436 g/mol. The highest BCUT2D eigenvalue weighted by Crippen LogP contribution is 2.22. The summed E-state index contributed by atoms with van der Waals surface area (Å²) in [7, 11) is -3.97. The van der Waals surface area contributed by atoms with Crippen LogP contribution in [0.1, 0.15) is 0 Å². The first-order chi connectivity index (χ1) is 11.6. The normalized spacial score (nSPS) is 11.2. The Balaban J connectivity index is 2.25. The van der Waals surface area contributed by atoms with E-state index in [4.69, 9.17) is 0 Å². The second-order valence-corrected chi connectivity index (χ2v) is 7.86. The van der Waals surface area contributed by atoms with Crippen molar-refractivity contribution in [3.05, 3.63) is 58.3 Å². The summed E-state index contributed by atoms with van der Waals surface area (Å²) in [5.41, 5.74) is -0.375. The Kier molecular flexibility index (Phi) is 5.73. The van der Waals surface area contributed by atoms with E-state index in [1.165, 1.54) is 12.1 Å². The van der Waals surface area contributed by atoms with Gasteiger partial charge in [-0.05, 0) is 30.3 Å². The van der Waals surface area contributed by atoms with Crippen LogP contribution in [0.2, 0.25) is 0 Å². The van der Waals surface area contributed by atoms with Crippen LogP contribution in [0.25, 0.3) is 0 Å². The minimum Gasteiger partial charge on any atom is -0.322 e. The Morgan fingerprint density at radius 1 is 1.08 bits per heavy atom. The Bertz CT molecular complexity index is 922. The highest BCUT2D eigenvalue weighted by Gasteiger charge is 2.22. The lowest BCUT2D eigenvalue weighted by Crippen LogP contribution is -2.37. The van der Waals surface area contributed by atoms with Crippen molar-refractivity contribution >= 4 is 43.2 Å². The van der Waals surface area contributed by atoms with Crippen molar-refractivity contribution in [2.75, 3.05) is 22.4 Å². The minimum atomic E-state index is -3.97. The molecule has 0 saturated heterocycles. The minimum absolute atomic E-state index is 0.146. The zero-order valence-electron chi connectivity index (χ0n) is 12.8. The summed E-state index contributed by atoms with van der Waals surface area (Å²) in [6, 6.07) is 6.33. The average Bonchev–Trinajstić information content (AvgIpc) is 2.49. The lowest BCUT2D eigenvalue weighted by Gasteiger charge is -2.22. The molecule has 2 aromatic rings. The van der Waals surface area contributed by atoms with Gasteiger partial charge in [0.1, 0.15) is 12.4 Å². The molecule has 0 aliphatic heterocycles. The fraction of sp³-hybridized carbons (Fsp3) is 0.133. The first kappa shape index (κ1) is 19.3. The van der Waals surface area contributed by atoms with E-state index >= 15 is 0 Å². The molecular formula is C15H12BrF3N2O3S. The second kappa shape index (κ2) is 7.44. The molecule has 2 aromatic carbocycles. The van der Waals surface area contributed by atoms with Crippen LogP contribution in [0.3, 0.4) is 0 Å². The van der Waals surface area contributed by atoms with Gasteiger partial charge >= 0.3 is 0 Å². The fourth-order valence-corrected chi connectivity index (χ4v) is 3.13. The molecule has 0 radical (unpaired) electrons. The number of nitrogens with zero attached hydrogens (tertiary/aromatic N) is 1. The molecule has 25 heavy (non-hydrogen) atoms. The van der Waals surface area contributed by atoms with Crippen LogP contribution in [0.5, 0.6) is 0 Å². The SMILES string of the molecule is CS(=O)(=O)N(CC(=O)Nc1ccc(Br)cc1F)c1ccc(F)c(F)c1. The molecule has 2 rings (SSSR count). The van der Waals surface area contributed by atoms with Gasteiger partial charge < -0.3 is 5.32 Å². The van der Waals surface area contributed by atoms with Gasteiger partial charge in [-0.15, -0.1) is 0 Å². The van der Waals surface area contributed by atoms with Crippen molar-refractivity contribution in [1.29, 1.82) is 0 Å². The Labute approximate surface area is 150 Å². The number of benzene rings is 2. The van der Waals surface area contributed by atoms with Gasteiger partial charge in [-0.3, -0.25) is 9.10 Å². The highest BCUT2D eigenvalue weighted by molar-refractivity contribution is 9.10. The molecule has 1 N–H and O–H groups in total. The molecule has 134 valence electrons. The topological polar surface area (TPSA) is 66.5 Å². The molecule has 0 unspecified atom stereocenters. The molecule has 10 heteroatoms. The first-order valence-electron chi connectivity index (χ1n) is 6.75. The smallest absolute Gasteiger partial charge is 0.245 e. The van der Waals surface area contributed by atoms with Gasteiger partial charge in [0.25, 0.3) is 0 Å². The Morgan fingerprint density at radius 3 is 2.32 bits per heavy atom. The van der Waals surface area contributed by atoms with Gasteiger partial charge in [0.05, 0.1) is 17.6 Å². The molecule has 0 heterocycles. The predicted molar refractivity (Wildman–Crippen MR) is 91.3 cm³/mol. The van der Waals surface area contributed by atoms with E-state index in [-0.39, 0.29) is 11.4 Å². The van der Waals surface area contributed by atoms with Gasteiger partial charge in [-0.2, -0.15) is 0 Å². The van der Waals surface area contributed by atoms with E-state index in [1.807, 2.05) is 0 Å². The van der Waals surface area contributed by atoms with Crippen LogP contribution in [-0.2, 0) is 14.8 Å². The number of rotatable bonds is 5. The maximum atomic E-state index is 13.7. The summed E-state index contributed by atoms with van der Waals surface area (Å²) >= 11 is 3.07. The summed E-state index contributed by atoms with van der Waals surface area (Å²) in [6.45, 7) is -0.737. The van der Waals surface area contributed by atoms with Gasteiger partial charge in [0.2, 0.25) is 15.9 Å². The molecule has 0 fully saturated rings. The van der Waals surface area contributed by atoms with Gasteiger partial charge in [-0.25, -0.2) is 21.6 Å². The third-order valence-corrected chi connectivity index (χ3v) is 4.72. The zero-order chi connectivity index (χ0) is 18.8. The maximum absolute atomic E-state index is 13.7. The second-order valence-electron chi connectivity index (χ2n) is 5.04. The number of carbonyl (C=O) groups excluding carboxylic acids is 1. The van der Waals surface area contributed by atoms with Crippen molar-refractivity contribution in [2.45, 2.75) is 0 Å². The number of hydrogen-bond donors (Lipinski definition) is 1. The highest BCUT2D eigenvalue weighted by atomic mass is 79.9. The van der Waals surface area contributed by atoms with Gasteiger partial charge in [0.15, 0.2) is 11.6 Å². The molecule has 0 aliphatic rings. The first-order valence-corrected chi connectivity index (χ1v) is 9.39. The van der Waals surface area contributed by atoms with Crippen LogP contribution in [0.4, 0.5) is 24.5 Å². The lowest BCUT2D eigenvalue weighted by molar-refractivity contribution is -0.114. The summed E-state index contributed by atoms with van der Waals surface area (Å²) in [5, 5.41) is 2.23. The lowest BCUT2D eigenvalue weighted by atomic mass is 10.3. The van der Waals surface area contributed by atoms with E-state index < -0.39 is 39.9 Å². The number of halogens is 4. The average molecular weight is 437 g/mol. The largest absolute Gasteiger partial charge is 0.322 e. The van der Waals surface area contributed by atoms with Crippen molar-refractivity contribution < 1.29 is 26.4 Å². The summed E-state index contributed by atoms with van der Waals surface area (Å²) in [4.78, 5) is 12.1. The van der Waals surface area contributed by atoms with Crippen molar-refractivity contribution in [3.63, 3.8) is 0 Å². The Hall–Kier alpha value is -2.07. The predicted octanol–water partition coefficient (Wildman–Crippen LogP) is 3.27. The molecule has 0 aliphatic carbocycles. The fourth-order valence-electron chi connectivity index (χ4n) is 1.95. The third-order valence-electron chi connectivity index (χ3n) is 3.08. The summed E-state index contributed by atoms with van der Waals surface area (Å²) < 4.78 is 64.9. The van der Waals surface area contributed by atoms with Gasteiger partial charge in [0, 0.05) is 10.5 Å². The van der Waals surface area contributed by atoms with E-state index in [9.17, 15) is 26.4 Å². The van der Waals surface area contributed by atoms with Gasteiger partial charge in [-0.1, -0.05) is 15.9 Å². The van der Waals surface area contributed by atoms with Crippen LogP contribution in [-0.4, -0.2) is 27.1 Å². The van der Waals surface area contributed by atoms with Crippen LogP contribution < -0.4 is 9.62 Å². The Morgan fingerprint density at radius 2 is 1.76 bits per heavy atom. The van der Waals surface area contributed by atoms with E-state index in [2.05, 4.69) is 21.2 Å². The number of nitrogens with one attached hydrogen (secondary N) is 1. The molecule has 0 aromatic heterocycles. The maximum Gasteiger partial charge on any atom is 0.245 e. The van der Waals surface area contributed by atoms with Crippen molar-refractivity contribution in [3.8, 4) is 0 Å². The molecule has 1 amide bonds. The molecule has 0 spiro atoms. The number of amides is 1. The number of anilines is 2. The van der Waals surface area contributed by atoms with Crippen LogP contribution in [0.15, 0.2) is 40.9 Å². The van der Waals surface area contributed by atoms with Crippen LogP contribution in [0, 0.1) is 17.5 Å². The standard InChI is InChI=1S/C15H12BrF3N2O3S/c1-25(23,24)21(10-3-4-11(17)12(18)7-10)8-15(22)20-14-5-2-9(16)6-13(14)19/h2-7H,8H2,1H3,(H,20,22). The van der Waals surface area contributed by atoms with Crippen molar-refractivity contribution in [1.82, 2.24) is 0 Å². The van der Waals surface area contributed by atoms with E-state index in [0.717, 1.165) is 24.5 Å². The molecule has 0 atom stereocenters. The quantitative estimate of drug-likeness (QED) is 0.781. The van der Waals surface area contributed by atoms with E-state index in [0.29, 0.717) is 14.8 Å². The summed E-state index contributed by atoms with van der Waals surface area (Å²) in [6.07, 6.45) is 0.807. The number of hydrogen-bond acceptors (Lipinski definition) is 3. The van der Waals surface area contributed by atoms with Crippen molar-refractivity contribution in [2.24, 2.45) is 0 Å². The third kappa shape index (κ3) is 4.95. The molecular weight excluding hydrogens is 425 g/mol. The molecule has 0 bridgehead atoms.